The van der Waals surface area contributed by atoms with Gasteiger partial charge in [0.05, 0.1) is 26.4 Å². The van der Waals surface area contributed by atoms with Gasteiger partial charge in [-0.25, -0.2) is 9.13 Å². The molecule has 0 fully saturated rings. The molecule has 111 heavy (non-hydrogen) atoms. The zero-order valence-corrected chi connectivity index (χ0v) is 71.6. The molecule has 5 atom stereocenters. The van der Waals surface area contributed by atoms with E-state index in [0.29, 0.717) is 19.3 Å². The van der Waals surface area contributed by atoms with Crippen LogP contribution < -0.4 is 0 Å². The molecule has 0 rings (SSSR count). The maximum absolute atomic E-state index is 13.0. The van der Waals surface area contributed by atoms with Crippen LogP contribution in [0.1, 0.15) is 355 Å². The average Bonchev–Trinajstić information content (AvgIpc) is 0.898. The zero-order valence-electron chi connectivity index (χ0n) is 69.8. The largest absolute Gasteiger partial charge is 0.472 e. The van der Waals surface area contributed by atoms with Crippen molar-refractivity contribution in [1.82, 2.24) is 0 Å². The highest BCUT2D eigenvalue weighted by molar-refractivity contribution is 7.47. The van der Waals surface area contributed by atoms with Gasteiger partial charge in [0.25, 0.3) is 0 Å². The van der Waals surface area contributed by atoms with E-state index >= 15 is 0 Å². The van der Waals surface area contributed by atoms with Crippen LogP contribution in [0.25, 0.3) is 0 Å². The van der Waals surface area contributed by atoms with E-state index in [9.17, 15) is 43.5 Å². The van der Waals surface area contributed by atoms with Gasteiger partial charge < -0.3 is 34.2 Å². The summed E-state index contributed by atoms with van der Waals surface area (Å²) in [5.74, 6) is -1.60. The third-order valence-corrected chi connectivity index (χ3v) is 20.1. The molecule has 0 heterocycles. The zero-order chi connectivity index (χ0) is 80.8. The van der Waals surface area contributed by atoms with E-state index in [-0.39, 0.29) is 19.3 Å². The second-order valence-corrected chi connectivity index (χ2v) is 31.9. The number of ether oxygens (including phenoxy) is 3. The first-order chi connectivity index (χ1) is 54.2. The van der Waals surface area contributed by atoms with Gasteiger partial charge in [-0.05, 0) is 154 Å². The molecule has 5 unspecified atom stereocenters. The lowest BCUT2D eigenvalue weighted by molar-refractivity contribution is -0.161. The molecule has 0 radical (unpaired) electrons. The molecule has 4 N–H and O–H groups in total. The molecule has 16 nitrogen and oxygen atoms in total. The van der Waals surface area contributed by atoms with Crippen LogP contribution in [-0.2, 0) is 55.8 Å². The molecule has 0 aromatic heterocycles. The predicted octanol–water partition coefficient (Wildman–Crippen LogP) is 26.5. The van der Waals surface area contributed by atoms with Crippen LogP contribution >= 0.6 is 15.6 Å². The van der Waals surface area contributed by atoms with Gasteiger partial charge in [0, 0.05) is 19.3 Å². The number of aliphatic hydroxyl groups is 2. The molecule has 0 saturated heterocycles. The number of carbonyl (C=O) groups is 3. The van der Waals surface area contributed by atoms with Gasteiger partial charge in [-0.1, -0.05) is 339 Å². The minimum Gasteiger partial charge on any atom is -0.463 e. The van der Waals surface area contributed by atoms with Gasteiger partial charge in [0.1, 0.15) is 25.4 Å². The number of hydrogen-bond donors (Lipinski definition) is 4. The molecular weight excluding hydrogens is 1430 g/mol. The number of phosphoric acid groups is 2. The number of esters is 3. The number of allylic oxidation sites excluding steroid dienone is 26. The number of rotatable bonds is 82. The predicted molar refractivity (Wildman–Crippen MR) is 463 cm³/mol. The van der Waals surface area contributed by atoms with Crippen molar-refractivity contribution in [3.8, 4) is 0 Å². The second-order valence-electron chi connectivity index (χ2n) is 29.0. The summed E-state index contributed by atoms with van der Waals surface area (Å²) in [7, 11) is -9.82. The molecular formula is C93H158O16P2. The molecule has 0 saturated carbocycles. The highest BCUT2D eigenvalue weighted by Crippen LogP contribution is 2.45. The van der Waals surface area contributed by atoms with Crippen LogP contribution in [-0.4, -0.2) is 95.9 Å². The van der Waals surface area contributed by atoms with Gasteiger partial charge in [-0.15, -0.1) is 0 Å². The van der Waals surface area contributed by atoms with Crippen molar-refractivity contribution in [2.75, 3.05) is 39.6 Å². The Morgan fingerprint density at radius 3 is 0.757 bits per heavy atom. The monoisotopic (exact) mass is 1590 g/mol. The van der Waals surface area contributed by atoms with Gasteiger partial charge in [-0.2, -0.15) is 0 Å². The third-order valence-electron chi connectivity index (χ3n) is 18.2. The molecule has 0 amide bonds. The highest BCUT2D eigenvalue weighted by Gasteiger charge is 2.29. The van der Waals surface area contributed by atoms with E-state index in [1.165, 1.54) is 128 Å². The number of phosphoric ester groups is 2. The lowest BCUT2D eigenvalue weighted by Gasteiger charge is -2.21. The highest BCUT2D eigenvalue weighted by atomic mass is 31.2. The van der Waals surface area contributed by atoms with E-state index in [1.54, 1.807) is 0 Å². The van der Waals surface area contributed by atoms with E-state index in [1.807, 2.05) is 0 Å². The minimum absolute atomic E-state index is 0.0782. The lowest BCUT2D eigenvalue weighted by Crippen LogP contribution is -2.30. The Kier molecular flexibility index (Phi) is 80.9. The van der Waals surface area contributed by atoms with Crippen LogP contribution in [0.4, 0.5) is 0 Å². The average molecular weight is 1590 g/mol. The smallest absolute Gasteiger partial charge is 0.463 e. The van der Waals surface area contributed by atoms with E-state index < -0.39 is 91.5 Å². The fraction of sp³-hybridized carbons (Fsp3) is 0.688. The van der Waals surface area contributed by atoms with Crippen LogP contribution in [0.15, 0.2) is 158 Å². The first-order valence-corrected chi connectivity index (χ1v) is 46.8. The summed E-state index contributed by atoms with van der Waals surface area (Å²) in [6.45, 7) is 2.51. The van der Waals surface area contributed by atoms with Crippen LogP contribution in [0.3, 0.4) is 0 Å². The molecule has 0 aliphatic carbocycles. The van der Waals surface area contributed by atoms with Crippen molar-refractivity contribution >= 4 is 33.6 Å². The quantitative estimate of drug-likeness (QED) is 0.0146. The Hall–Kier alpha value is -4.83. The number of unbranched alkanes of at least 4 members (excludes halogenated alkanes) is 33. The number of hydrogen-bond acceptors (Lipinski definition) is 14. The maximum atomic E-state index is 13.0. The summed E-state index contributed by atoms with van der Waals surface area (Å²) in [6.07, 6.45) is 107. The van der Waals surface area contributed by atoms with Crippen molar-refractivity contribution < 1.29 is 75.8 Å². The minimum atomic E-state index is -4.95. The first kappa shape index (κ1) is 106. The molecule has 0 aromatic carbocycles. The fourth-order valence-corrected chi connectivity index (χ4v) is 13.2. The fourth-order valence-electron chi connectivity index (χ4n) is 11.6. The maximum Gasteiger partial charge on any atom is 0.472 e. The SMILES string of the molecule is CC/C=C\C/C=C\C/C=C\C/C=C\C/C=C\CCCCCCCCCCCCCCCC(=O)OCC(O)COP(=O)(O)OCC(O)COP(=O)(O)OCC(COC(=O)CCCCCCCCCCC/C=C\C/C=C\C/C=C\C/C=C\CCCCC)OC(=O)CCCCCCC/C=C\C/C=C\C/C=C\C/C=C\CCCCC. The Morgan fingerprint density at radius 1 is 0.261 bits per heavy atom. The molecule has 0 aliphatic heterocycles. The summed E-state index contributed by atoms with van der Waals surface area (Å²) < 4.78 is 61.4. The Balaban J connectivity index is 4.64. The van der Waals surface area contributed by atoms with Gasteiger partial charge in [0.2, 0.25) is 0 Å². The van der Waals surface area contributed by atoms with Crippen molar-refractivity contribution in [3.63, 3.8) is 0 Å². The molecule has 636 valence electrons. The molecule has 18 heteroatoms. The van der Waals surface area contributed by atoms with Gasteiger partial charge in [0.15, 0.2) is 6.10 Å². The molecule has 0 aliphatic rings. The normalized spacial score (nSPS) is 14.6. The van der Waals surface area contributed by atoms with E-state index in [0.717, 1.165) is 167 Å². The van der Waals surface area contributed by atoms with Crippen LogP contribution in [0, 0.1) is 0 Å². The van der Waals surface area contributed by atoms with Crippen molar-refractivity contribution in [2.45, 2.75) is 373 Å². The summed E-state index contributed by atoms with van der Waals surface area (Å²) >= 11 is 0. The molecule has 0 aromatic rings. The van der Waals surface area contributed by atoms with Gasteiger partial charge in [-0.3, -0.25) is 32.5 Å². The standard InChI is InChI=1S/C93H158O16P2/c1-4-7-10-13-16-19-22-25-28-31-34-37-39-41-42-43-44-46-48-50-52-55-58-61-64-67-70-73-76-79-91(96)103-82-88(94)83-105-110(99,100)106-84-89(95)85-107-111(101,102)108-87-90(109-93(98)81-78-75-72-69-66-63-60-57-54-49-36-33-30-27-24-21-18-15-12-9-6-3)86-104-92(97)80-77-74-71-68-65-62-59-56-53-51-47-45-40-38-35-32-29-26-23-20-17-14-11-8-5-2/h7,10,16-21,25-30,34-38,41-42,45,47,49,57,60,88-90,94-95H,4-6,8-9,11-15,22-24,31-33,39-40,43-44,46,48,50-56,58-59,61-87H2,1-3H3,(H,99,100)(H,101,102)/b10-7-,19-16-,20-17-,21-18-,28-25-,29-26-,30-27-,37-34-,38-35-,42-41-,47-45-,49-36-,60-57-. The van der Waals surface area contributed by atoms with Gasteiger partial charge >= 0.3 is 33.6 Å². The Labute approximate surface area is 676 Å². The van der Waals surface area contributed by atoms with Crippen LogP contribution in [0.2, 0.25) is 0 Å². The summed E-state index contributed by atoms with van der Waals surface area (Å²) in [4.78, 5) is 58.9. The summed E-state index contributed by atoms with van der Waals surface area (Å²) in [5, 5.41) is 20.7. The number of aliphatic hydroxyl groups excluding tert-OH is 2. The van der Waals surface area contributed by atoms with Crippen molar-refractivity contribution in [3.05, 3.63) is 158 Å². The first-order valence-electron chi connectivity index (χ1n) is 43.8. The van der Waals surface area contributed by atoms with Crippen LogP contribution in [0.5, 0.6) is 0 Å². The summed E-state index contributed by atoms with van der Waals surface area (Å²) in [5.41, 5.74) is 0. The second kappa shape index (κ2) is 84.6. The lowest BCUT2D eigenvalue weighted by atomic mass is 10.0. The summed E-state index contributed by atoms with van der Waals surface area (Å²) in [6, 6.07) is 0. The molecule has 0 spiro atoms. The van der Waals surface area contributed by atoms with Crippen molar-refractivity contribution in [2.24, 2.45) is 0 Å². The Bertz CT molecular complexity index is 2650. The topological polar surface area (TPSA) is 231 Å². The van der Waals surface area contributed by atoms with E-state index in [2.05, 4.69) is 179 Å². The molecule has 0 bridgehead atoms. The van der Waals surface area contributed by atoms with Crippen molar-refractivity contribution in [1.29, 1.82) is 0 Å². The Morgan fingerprint density at radius 2 is 0.477 bits per heavy atom. The van der Waals surface area contributed by atoms with E-state index in [4.69, 9.17) is 32.3 Å². The number of carbonyl (C=O) groups excluding carboxylic acids is 3. The third kappa shape index (κ3) is 85.9.